The summed E-state index contributed by atoms with van der Waals surface area (Å²) in [5.41, 5.74) is 0.601. The van der Waals surface area contributed by atoms with Crippen molar-refractivity contribution in [2.24, 2.45) is 10.8 Å². The van der Waals surface area contributed by atoms with E-state index in [-0.39, 0.29) is 29.5 Å². The SMILES string of the molecule is CSC1N=C(Cc2ccccc2)C([N+](=O)[O-])=C(Oc2cc(Br)cc(C#N)c2)N1N. The van der Waals surface area contributed by atoms with Crippen LogP contribution < -0.4 is 10.6 Å². The minimum Gasteiger partial charge on any atom is -0.434 e. The molecule has 1 aliphatic rings. The minimum atomic E-state index is -0.588. The average Bonchev–Trinajstić information content (AvgIpc) is 2.70. The normalized spacial score (nSPS) is 16.3. The van der Waals surface area contributed by atoms with Crippen molar-refractivity contribution in [2.75, 3.05) is 6.26 Å². The summed E-state index contributed by atoms with van der Waals surface area (Å²) in [5, 5.41) is 22.2. The summed E-state index contributed by atoms with van der Waals surface area (Å²) < 4.78 is 6.43. The summed E-state index contributed by atoms with van der Waals surface area (Å²) in [6, 6.07) is 16.1. The van der Waals surface area contributed by atoms with E-state index in [0.29, 0.717) is 10.0 Å². The van der Waals surface area contributed by atoms with Crippen molar-refractivity contribution < 1.29 is 9.66 Å². The number of allylic oxidation sites excluding steroid dienone is 1. The smallest absolute Gasteiger partial charge is 0.351 e. The molecule has 8 nitrogen and oxygen atoms in total. The van der Waals surface area contributed by atoms with Crippen LogP contribution in [0.2, 0.25) is 0 Å². The van der Waals surface area contributed by atoms with Crippen LogP contribution >= 0.6 is 27.7 Å². The molecule has 148 valence electrons. The molecule has 2 N–H and O–H groups in total. The van der Waals surface area contributed by atoms with Crippen molar-refractivity contribution in [2.45, 2.75) is 11.9 Å². The van der Waals surface area contributed by atoms with Gasteiger partial charge in [-0.15, -0.1) is 11.8 Å². The van der Waals surface area contributed by atoms with Gasteiger partial charge in [0.2, 0.25) is 0 Å². The van der Waals surface area contributed by atoms with Gasteiger partial charge in [0.25, 0.3) is 5.88 Å². The van der Waals surface area contributed by atoms with E-state index in [9.17, 15) is 10.1 Å². The molecule has 0 bridgehead atoms. The average molecular weight is 474 g/mol. The number of hydrazine groups is 1. The number of nitro groups is 1. The third-order valence-electron chi connectivity index (χ3n) is 4.04. The van der Waals surface area contributed by atoms with Gasteiger partial charge in [0.05, 0.1) is 16.6 Å². The van der Waals surface area contributed by atoms with Gasteiger partial charge >= 0.3 is 5.70 Å². The summed E-state index contributed by atoms with van der Waals surface area (Å²) in [5.74, 6) is 6.24. The Hall–Kier alpha value is -2.87. The van der Waals surface area contributed by atoms with Crippen LogP contribution in [-0.4, -0.2) is 27.4 Å². The Morgan fingerprint density at radius 3 is 2.72 bits per heavy atom. The molecule has 0 fully saturated rings. The lowest BCUT2D eigenvalue weighted by Gasteiger charge is -2.30. The van der Waals surface area contributed by atoms with Crippen molar-refractivity contribution in [3.05, 3.63) is 85.8 Å². The van der Waals surface area contributed by atoms with E-state index in [1.165, 1.54) is 17.8 Å². The lowest BCUT2D eigenvalue weighted by atomic mass is 10.1. The first-order valence-electron chi connectivity index (χ1n) is 8.38. The fourth-order valence-corrected chi connectivity index (χ4v) is 3.80. The number of nitrogens with two attached hydrogens (primary N) is 1. The minimum absolute atomic E-state index is 0.128. The Morgan fingerprint density at radius 1 is 1.38 bits per heavy atom. The van der Waals surface area contributed by atoms with E-state index in [0.717, 1.165) is 10.6 Å². The molecule has 0 saturated carbocycles. The topological polar surface area (TPSA) is 118 Å². The monoisotopic (exact) mass is 473 g/mol. The second kappa shape index (κ2) is 9.09. The highest BCUT2D eigenvalue weighted by molar-refractivity contribution is 9.10. The molecule has 10 heteroatoms. The molecule has 2 aromatic rings. The Labute approximate surface area is 179 Å². The van der Waals surface area contributed by atoms with E-state index >= 15 is 0 Å². The van der Waals surface area contributed by atoms with Gasteiger partial charge in [0.15, 0.2) is 5.50 Å². The summed E-state index contributed by atoms with van der Waals surface area (Å²) in [4.78, 5) is 15.8. The molecule has 3 rings (SSSR count). The van der Waals surface area contributed by atoms with E-state index < -0.39 is 10.4 Å². The summed E-state index contributed by atoms with van der Waals surface area (Å²) >= 11 is 4.63. The molecule has 0 aromatic heterocycles. The predicted octanol–water partition coefficient (Wildman–Crippen LogP) is 3.66. The van der Waals surface area contributed by atoms with E-state index in [1.807, 2.05) is 36.4 Å². The van der Waals surface area contributed by atoms with Crippen LogP contribution in [0.3, 0.4) is 0 Å². The van der Waals surface area contributed by atoms with Crippen molar-refractivity contribution in [3.63, 3.8) is 0 Å². The van der Waals surface area contributed by atoms with Crippen molar-refractivity contribution in [1.29, 1.82) is 5.26 Å². The van der Waals surface area contributed by atoms with Gasteiger partial charge in [-0.1, -0.05) is 46.3 Å². The molecule has 1 atom stereocenters. The first kappa shape index (κ1) is 20.9. The number of hydrogen-bond acceptors (Lipinski definition) is 8. The van der Waals surface area contributed by atoms with Crippen LogP contribution in [0.15, 0.2) is 69.6 Å². The van der Waals surface area contributed by atoms with Crippen LogP contribution in [-0.2, 0) is 6.42 Å². The predicted molar refractivity (Wildman–Crippen MR) is 114 cm³/mol. The Morgan fingerprint density at radius 2 is 2.10 bits per heavy atom. The third-order valence-corrected chi connectivity index (χ3v) is 5.25. The maximum absolute atomic E-state index is 11.9. The molecule has 0 radical (unpaired) electrons. The molecule has 1 heterocycles. The molecule has 0 amide bonds. The largest absolute Gasteiger partial charge is 0.434 e. The number of aliphatic imine (C=N–C) groups is 1. The number of hydrogen-bond donors (Lipinski definition) is 1. The summed E-state index contributed by atoms with van der Waals surface area (Å²) in [7, 11) is 0. The Kier molecular flexibility index (Phi) is 6.53. The van der Waals surface area contributed by atoms with Crippen molar-refractivity contribution in [3.8, 4) is 11.8 Å². The third kappa shape index (κ3) is 4.76. The zero-order chi connectivity index (χ0) is 21.0. The summed E-state index contributed by atoms with van der Waals surface area (Å²) in [6.45, 7) is 0. The molecule has 2 aromatic carbocycles. The van der Waals surface area contributed by atoms with Crippen LogP contribution in [0.4, 0.5) is 0 Å². The fraction of sp³-hybridized carbons (Fsp3) is 0.158. The highest BCUT2D eigenvalue weighted by Gasteiger charge is 2.38. The lowest BCUT2D eigenvalue weighted by Crippen LogP contribution is -2.45. The van der Waals surface area contributed by atoms with Crippen molar-refractivity contribution >= 4 is 33.4 Å². The van der Waals surface area contributed by atoms with Gasteiger partial charge in [0.1, 0.15) is 11.5 Å². The van der Waals surface area contributed by atoms with Gasteiger partial charge in [-0.25, -0.2) is 15.8 Å². The van der Waals surface area contributed by atoms with Gasteiger partial charge in [-0.2, -0.15) is 5.26 Å². The highest BCUT2D eigenvalue weighted by Crippen LogP contribution is 2.30. The van der Waals surface area contributed by atoms with E-state index in [2.05, 4.69) is 20.9 Å². The standard InChI is InChI=1S/C19H16BrN5O3S/c1-29-19-23-16(9-12-5-3-2-4-6-12)17(25(26)27)18(24(19)22)28-15-8-13(11-21)7-14(20)10-15/h2-8,10,19H,9,22H2,1H3. The number of nitrogens with zero attached hydrogens (tertiary/aromatic N) is 4. The van der Waals surface area contributed by atoms with Gasteiger partial charge < -0.3 is 4.74 Å². The number of benzene rings is 2. The molecule has 29 heavy (non-hydrogen) atoms. The molecular formula is C19H16BrN5O3S. The second-order valence-electron chi connectivity index (χ2n) is 6.01. The quantitative estimate of drug-likeness (QED) is 0.386. The van der Waals surface area contributed by atoms with Gasteiger partial charge in [0, 0.05) is 10.9 Å². The molecule has 0 aliphatic carbocycles. The number of nitriles is 1. The van der Waals surface area contributed by atoms with Crippen LogP contribution in [0.25, 0.3) is 0 Å². The highest BCUT2D eigenvalue weighted by atomic mass is 79.9. The molecule has 1 aliphatic heterocycles. The number of ether oxygens (including phenoxy) is 1. The van der Waals surface area contributed by atoms with Crippen LogP contribution in [0, 0.1) is 21.4 Å². The maximum Gasteiger partial charge on any atom is 0.351 e. The Bertz CT molecular complexity index is 1040. The zero-order valence-electron chi connectivity index (χ0n) is 15.3. The van der Waals surface area contributed by atoms with E-state index in [1.54, 1.807) is 18.4 Å². The van der Waals surface area contributed by atoms with Gasteiger partial charge in [-0.05, 0) is 30.0 Å². The van der Waals surface area contributed by atoms with Gasteiger partial charge in [-0.3, -0.25) is 10.1 Å². The lowest BCUT2D eigenvalue weighted by molar-refractivity contribution is -0.419. The molecule has 0 spiro atoms. The number of halogens is 1. The first-order valence-corrected chi connectivity index (χ1v) is 10.5. The van der Waals surface area contributed by atoms with Crippen LogP contribution in [0.5, 0.6) is 5.75 Å². The molecule has 1 unspecified atom stereocenters. The zero-order valence-corrected chi connectivity index (χ0v) is 17.7. The first-order chi connectivity index (χ1) is 13.9. The Balaban J connectivity index is 2.07. The number of rotatable bonds is 6. The van der Waals surface area contributed by atoms with Crippen molar-refractivity contribution in [1.82, 2.24) is 5.01 Å². The molecule has 0 saturated heterocycles. The maximum atomic E-state index is 11.9. The second-order valence-corrected chi connectivity index (χ2v) is 7.82. The van der Waals surface area contributed by atoms with E-state index in [4.69, 9.17) is 15.8 Å². The summed E-state index contributed by atoms with van der Waals surface area (Å²) in [6.07, 6.45) is 2.06. The van der Waals surface area contributed by atoms with Crippen LogP contribution in [0.1, 0.15) is 11.1 Å². The molecular weight excluding hydrogens is 458 g/mol. The number of thioether (sulfide) groups is 1. The fourth-order valence-electron chi connectivity index (χ4n) is 2.77.